The monoisotopic (exact) mass is 478 g/mol. The molecule has 33 heavy (non-hydrogen) atoms. The van der Waals surface area contributed by atoms with Gasteiger partial charge in [-0.25, -0.2) is 0 Å². The Kier molecular flexibility index (Phi) is 5.78. The topological polar surface area (TPSA) is 81.4 Å². The van der Waals surface area contributed by atoms with Crippen LogP contribution in [0.5, 0.6) is 5.88 Å². The highest BCUT2D eigenvalue weighted by Gasteiger charge is 2.36. The number of rotatable bonds is 4. The third-order valence-electron chi connectivity index (χ3n) is 5.17. The Morgan fingerprint density at radius 3 is 2.64 bits per heavy atom. The van der Waals surface area contributed by atoms with E-state index in [1.807, 2.05) is 61.5 Å². The maximum absolute atomic E-state index is 12.7. The van der Waals surface area contributed by atoms with Crippen molar-refractivity contribution in [2.24, 2.45) is 0 Å². The van der Waals surface area contributed by atoms with Gasteiger partial charge in [-0.2, -0.15) is 4.98 Å². The van der Waals surface area contributed by atoms with Crippen LogP contribution in [0.2, 0.25) is 5.02 Å². The van der Waals surface area contributed by atoms with Crippen LogP contribution in [0.25, 0.3) is 11.3 Å². The molecule has 1 atom stereocenters. The fraction of sp³-hybridized carbons (Fsp3) is 0.167. The number of nitrogens with zero attached hydrogens (tertiary/aromatic N) is 4. The summed E-state index contributed by atoms with van der Waals surface area (Å²) in [6, 6.07) is 18.7. The molecule has 0 spiro atoms. The molecule has 4 aromatic rings. The van der Waals surface area contributed by atoms with Gasteiger partial charge in [-0.05, 0) is 36.8 Å². The van der Waals surface area contributed by atoms with Crippen molar-refractivity contribution in [2.75, 3.05) is 4.90 Å². The van der Waals surface area contributed by atoms with Gasteiger partial charge in [0.2, 0.25) is 23.2 Å². The van der Waals surface area contributed by atoms with Crippen LogP contribution in [0.4, 0.5) is 5.69 Å². The molecular formula is C24H19ClN4O3S. The van der Waals surface area contributed by atoms with Gasteiger partial charge in [0.25, 0.3) is 0 Å². The van der Waals surface area contributed by atoms with Crippen LogP contribution in [-0.2, 0) is 10.5 Å². The number of thioether (sulfide) groups is 1. The van der Waals surface area contributed by atoms with E-state index in [1.165, 1.54) is 18.7 Å². The molecule has 0 bridgehead atoms. The Morgan fingerprint density at radius 2 is 1.88 bits per heavy atom. The number of furan rings is 1. The number of carbonyl (C=O) groups excluding carboxylic acids is 1. The van der Waals surface area contributed by atoms with Gasteiger partial charge < -0.3 is 9.15 Å². The van der Waals surface area contributed by atoms with Crippen LogP contribution in [-0.4, -0.2) is 21.1 Å². The largest absolute Gasteiger partial charge is 0.460 e. The molecule has 0 unspecified atom stereocenters. The molecule has 2 aromatic carbocycles. The van der Waals surface area contributed by atoms with E-state index in [2.05, 4.69) is 15.2 Å². The van der Waals surface area contributed by atoms with Crippen LogP contribution >= 0.6 is 23.4 Å². The molecule has 0 N–H and O–H groups in total. The molecule has 0 aliphatic carbocycles. The van der Waals surface area contributed by atoms with Crippen molar-refractivity contribution in [1.82, 2.24) is 15.2 Å². The van der Waals surface area contributed by atoms with Crippen molar-refractivity contribution in [3.63, 3.8) is 0 Å². The van der Waals surface area contributed by atoms with Gasteiger partial charge in [0, 0.05) is 23.3 Å². The Labute approximate surface area is 199 Å². The SMILES string of the molecule is CC(=O)N1c2ccccc2-c2nnc(SCc3ccccc3Cl)nc2O[C@H]1c1ccc(C)o1. The minimum Gasteiger partial charge on any atom is -0.460 e. The van der Waals surface area contributed by atoms with Gasteiger partial charge >= 0.3 is 0 Å². The lowest BCUT2D eigenvalue weighted by molar-refractivity contribution is -0.118. The molecule has 0 radical (unpaired) electrons. The number of para-hydroxylation sites is 1. The van der Waals surface area contributed by atoms with Crippen molar-refractivity contribution in [2.45, 2.75) is 31.0 Å². The second kappa shape index (κ2) is 8.88. The average Bonchev–Trinajstić information content (AvgIpc) is 3.18. The second-order valence-electron chi connectivity index (χ2n) is 7.45. The summed E-state index contributed by atoms with van der Waals surface area (Å²) in [5.74, 6) is 1.87. The number of benzene rings is 2. The number of carbonyl (C=O) groups is 1. The van der Waals surface area contributed by atoms with E-state index in [0.29, 0.717) is 44.4 Å². The van der Waals surface area contributed by atoms with Gasteiger partial charge in [-0.15, -0.1) is 10.2 Å². The molecule has 166 valence electrons. The molecule has 5 rings (SSSR count). The highest BCUT2D eigenvalue weighted by Crippen LogP contribution is 2.43. The van der Waals surface area contributed by atoms with Crippen molar-refractivity contribution in [3.05, 3.63) is 82.8 Å². The standard InChI is InChI=1S/C24H19ClN4O3S/c1-14-11-12-20(31-14)23-29(15(2)30)19-10-6-4-8-17(19)21-22(32-23)26-24(28-27-21)33-13-16-7-3-5-9-18(16)25/h3-12,23H,13H2,1-2H3/t23-/m0/s1. The summed E-state index contributed by atoms with van der Waals surface area (Å²) in [5, 5.41) is 9.85. The molecule has 9 heteroatoms. The number of anilines is 1. The lowest BCUT2D eigenvalue weighted by Gasteiger charge is -2.28. The molecule has 1 amide bonds. The van der Waals surface area contributed by atoms with Crippen LogP contribution in [0.15, 0.2) is 70.2 Å². The fourth-order valence-corrected chi connectivity index (χ4v) is 4.71. The quantitative estimate of drug-likeness (QED) is 0.341. The lowest BCUT2D eigenvalue weighted by atomic mass is 10.1. The number of fused-ring (bicyclic) bond motifs is 3. The van der Waals surface area contributed by atoms with E-state index < -0.39 is 6.23 Å². The first kappa shape index (κ1) is 21.5. The van der Waals surface area contributed by atoms with Gasteiger partial charge in [-0.1, -0.05) is 59.8 Å². The smallest absolute Gasteiger partial charge is 0.247 e. The summed E-state index contributed by atoms with van der Waals surface area (Å²) in [6.07, 6.45) is -0.836. The zero-order chi connectivity index (χ0) is 22.9. The third-order valence-corrected chi connectivity index (χ3v) is 6.43. The first-order valence-electron chi connectivity index (χ1n) is 10.2. The zero-order valence-corrected chi connectivity index (χ0v) is 19.4. The van der Waals surface area contributed by atoms with Gasteiger partial charge in [0.15, 0.2) is 11.5 Å². The van der Waals surface area contributed by atoms with Crippen molar-refractivity contribution >= 4 is 35.0 Å². The number of hydrogen-bond acceptors (Lipinski definition) is 7. The number of aromatic nitrogens is 3. The third kappa shape index (κ3) is 4.19. The maximum Gasteiger partial charge on any atom is 0.247 e. The summed E-state index contributed by atoms with van der Waals surface area (Å²) in [5.41, 5.74) is 2.79. The van der Waals surface area contributed by atoms with Crippen LogP contribution in [0.1, 0.15) is 30.2 Å². The number of aryl methyl sites for hydroxylation is 1. The summed E-state index contributed by atoms with van der Waals surface area (Å²) < 4.78 is 12.1. The average molecular weight is 479 g/mol. The Hall–Kier alpha value is -3.36. The number of halogens is 1. The molecule has 2 aromatic heterocycles. The molecule has 0 fully saturated rings. The van der Waals surface area contributed by atoms with Crippen LogP contribution in [0.3, 0.4) is 0 Å². The summed E-state index contributed by atoms with van der Waals surface area (Å²) >= 11 is 7.68. The Bertz CT molecular complexity index is 1340. The van der Waals surface area contributed by atoms with E-state index in [0.717, 1.165) is 5.56 Å². The number of amides is 1. The molecule has 1 aliphatic rings. The first-order valence-corrected chi connectivity index (χ1v) is 11.6. The van der Waals surface area contributed by atoms with Crippen molar-refractivity contribution in [1.29, 1.82) is 0 Å². The van der Waals surface area contributed by atoms with Crippen molar-refractivity contribution < 1.29 is 13.9 Å². The van der Waals surface area contributed by atoms with Crippen LogP contribution < -0.4 is 9.64 Å². The van der Waals surface area contributed by atoms with Crippen molar-refractivity contribution in [3.8, 4) is 17.1 Å². The molecule has 0 saturated carbocycles. The molecule has 1 aliphatic heterocycles. The number of hydrogen-bond donors (Lipinski definition) is 0. The second-order valence-corrected chi connectivity index (χ2v) is 8.80. The molecule has 7 nitrogen and oxygen atoms in total. The number of ether oxygens (including phenoxy) is 1. The maximum atomic E-state index is 12.7. The first-order chi connectivity index (χ1) is 16.0. The van der Waals surface area contributed by atoms with E-state index in [4.69, 9.17) is 20.8 Å². The van der Waals surface area contributed by atoms with Gasteiger partial charge in [0.1, 0.15) is 5.76 Å². The highest BCUT2D eigenvalue weighted by molar-refractivity contribution is 7.98. The van der Waals surface area contributed by atoms with E-state index in [9.17, 15) is 4.79 Å². The highest BCUT2D eigenvalue weighted by atomic mass is 35.5. The fourth-order valence-electron chi connectivity index (χ4n) is 3.64. The minimum atomic E-state index is -0.836. The summed E-state index contributed by atoms with van der Waals surface area (Å²) in [4.78, 5) is 18.9. The predicted molar refractivity (Wildman–Crippen MR) is 126 cm³/mol. The van der Waals surface area contributed by atoms with E-state index >= 15 is 0 Å². The Morgan fingerprint density at radius 1 is 1.09 bits per heavy atom. The van der Waals surface area contributed by atoms with Gasteiger partial charge in [-0.3, -0.25) is 9.69 Å². The molecule has 3 heterocycles. The van der Waals surface area contributed by atoms with Gasteiger partial charge in [0.05, 0.1) is 5.69 Å². The zero-order valence-electron chi connectivity index (χ0n) is 17.9. The molecular weight excluding hydrogens is 460 g/mol. The Balaban J connectivity index is 1.57. The lowest BCUT2D eigenvalue weighted by Crippen LogP contribution is -2.35. The predicted octanol–water partition coefficient (Wildman–Crippen LogP) is 5.83. The summed E-state index contributed by atoms with van der Waals surface area (Å²) in [6.45, 7) is 3.33. The normalized spacial score (nSPS) is 14.8. The molecule has 0 saturated heterocycles. The minimum absolute atomic E-state index is 0.199. The van der Waals surface area contributed by atoms with E-state index in [1.54, 1.807) is 11.0 Å². The summed E-state index contributed by atoms with van der Waals surface area (Å²) in [7, 11) is 0. The van der Waals surface area contributed by atoms with Crippen LogP contribution in [0, 0.1) is 6.92 Å². The van der Waals surface area contributed by atoms with E-state index in [-0.39, 0.29) is 11.8 Å².